The molecule has 0 bridgehead atoms. The predicted octanol–water partition coefficient (Wildman–Crippen LogP) is 4.48. The van der Waals surface area contributed by atoms with Crippen molar-refractivity contribution < 1.29 is 14.6 Å². The van der Waals surface area contributed by atoms with E-state index in [4.69, 9.17) is 21.1 Å². The summed E-state index contributed by atoms with van der Waals surface area (Å²) >= 11 is 6.48. The normalized spacial score (nSPS) is 11.5. The van der Waals surface area contributed by atoms with E-state index in [1.54, 1.807) is 57.4 Å². The van der Waals surface area contributed by atoms with Gasteiger partial charge in [-0.25, -0.2) is 15.0 Å². The lowest BCUT2D eigenvalue weighted by Crippen LogP contribution is -2.23. The predicted molar refractivity (Wildman–Crippen MR) is 140 cm³/mol. The lowest BCUT2D eigenvalue weighted by Gasteiger charge is -2.18. The minimum atomic E-state index is -1.22. The molecular formula is C27H28ClN5O4. The quantitative estimate of drug-likeness (QED) is 0.379. The largest absolute Gasteiger partial charge is 0.485 e. The van der Waals surface area contributed by atoms with Crippen molar-refractivity contribution in [3.63, 3.8) is 0 Å². The highest BCUT2D eigenvalue weighted by Crippen LogP contribution is 2.28. The van der Waals surface area contributed by atoms with Gasteiger partial charge in [0.1, 0.15) is 23.0 Å². The monoisotopic (exact) mass is 521 g/mol. The maximum absolute atomic E-state index is 13.4. The van der Waals surface area contributed by atoms with Gasteiger partial charge < -0.3 is 14.6 Å². The standard InChI is InChI=1S/C27H28ClN5O4/c1-15-12-29-19(24-16(2)13-30-26(32-24)27(4,5)35)11-20(15)33-17(3)10-21(23(28)25(33)34)37-14-18-8-7-9-22(31-18)36-6/h7-13,35H,14H2,1-6H3. The van der Waals surface area contributed by atoms with Crippen LogP contribution < -0.4 is 15.0 Å². The highest BCUT2D eigenvalue weighted by molar-refractivity contribution is 6.31. The van der Waals surface area contributed by atoms with Crippen LogP contribution in [0.1, 0.15) is 42.2 Å². The summed E-state index contributed by atoms with van der Waals surface area (Å²) in [5, 5.41) is 10.3. The van der Waals surface area contributed by atoms with Crippen LogP contribution in [0.4, 0.5) is 0 Å². The number of ether oxygens (including phenoxy) is 2. The Hall–Kier alpha value is -3.82. The number of hydrogen-bond acceptors (Lipinski definition) is 8. The van der Waals surface area contributed by atoms with Gasteiger partial charge in [0.25, 0.3) is 5.56 Å². The number of hydrogen-bond donors (Lipinski definition) is 1. The van der Waals surface area contributed by atoms with E-state index in [1.165, 1.54) is 11.7 Å². The molecule has 0 saturated heterocycles. The minimum Gasteiger partial charge on any atom is -0.485 e. The molecular weight excluding hydrogens is 494 g/mol. The van der Waals surface area contributed by atoms with Crippen molar-refractivity contribution >= 4 is 11.6 Å². The Morgan fingerprint density at radius 1 is 1.05 bits per heavy atom. The van der Waals surface area contributed by atoms with Gasteiger partial charge in [0.2, 0.25) is 5.88 Å². The fourth-order valence-electron chi connectivity index (χ4n) is 3.77. The Morgan fingerprint density at radius 3 is 2.49 bits per heavy atom. The van der Waals surface area contributed by atoms with Gasteiger partial charge in [-0.2, -0.15) is 0 Å². The Bertz CT molecular complexity index is 1530. The van der Waals surface area contributed by atoms with Crippen molar-refractivity contribution in [3.05, 3.63) is 86.4 Å². The zero-order chi connectivity index (χ0) is 26.9. The van der Waals surface area contributed by atoms with Gasteiger partial charge in [-0.1, -0.05) is 17.7 Å². The van der Waals surface area contributed by atoms with Crippen LogP contribution in [0.3, 0.4) is 0 Å². The molecule has 0 amide bonds. The van der Waals surface area contributed by atoms with Crippen LogP contribution in [0.5, 0.6) is 11.6 Å². The molecule has 0 fully saturated rings. The third-order valence-corrected chi connectivity index (χ3v) is 6.09. The summed E-state index contributed by atoms with van der Waals surface area (Å²) in [6, 6.07) is 8.84. The molecule has 4 aromatic rings. The van der Waals surface area contributed by atoms with Crippen LogP contribution in [0.25, 0.3) is 17.1 Å². The van der Waals surface area contributed by atoms with Crippen molar-refractivity contribution in [2.45, 2.75) is 46.8 Å². The molecule has 0 unspecified atom stereocenters. The summed E-state index contributed by atoms with van der Waals surface area (Å²) in [7, 11) is 1.54. The average molecular weight is 522 g/mol. The summed E-state index contributed by atoms with van der Waals surface area (Å²) in [6.45, 7) is 8.88. The number of rotatable bonds is 7. The van der Waals surface area contributed by atoms with Crippen LogP contribution in [0, 0.1) is 20.8 Å². The van der Waals surface area contributed by atoms with Gasteiger partial charge >= 0.3 is 0 Å². The van der Waals surface area contributed by atoms with E-state index >= 15 is 0 Å². The van der Waals surface area contributed by atoms with E-state index in [0.717, 1.165) is 11.1 Å². The van der Waals surface area contributed by atoms with Crippen LogP contribution in [-0.4, -0.2) is 36.7 Å². The van der Waals surface area contributed by atoms with Gasteiger partial charge in [-0.05, 0) is 57.9 Å². The molecule has 4 rings (SSSR count). The second-order valence-electron chi connectivity index (χ2n) is 9.20. The molecule has 4 heterocycles. The lowest BCUT2D eigenvalue weighted by molar-refractivity contribution is 0.0688. The third kappa shape index (κ3) is 5.47. The third-order valence-electron chi connectivity index (χ3n) is 5.74. The average Bonchev–Trinajstić information content (AvgIpc) is 2.86. The summed E-state index contributed by atoms with van der Waals surface area (Å²) in [5.74, 6) is 1.01. The second-order valence-corrected chi connectivity index (χ2v) is 9.58. The minimum absolute atomic E-state index is 0.0474. The van der Waals surface area contributed by atoms with E-state index in [1.807, 2.05) is 19.9 Å². The molecule has 192 valence electrons. The molecule has 10 heteroatoms. The summed E-state index contributed by atoms with van der Waals surface area (Å²) in [5.41, 5.74) is 2.89. The summed E-state index contributed by atoms with van der Waals surface area (Å²) < 4.78 is 12.5. The smallest absolute Gasteiger partial charge is 0.277 e. The van der Waals surface area contributed by atoms with Crippen LogP contribution in [0.2, 0.25) is 5.02 Å². The van der Waals surface area contributed by atoms with Crippen molar-refractivity contribution in [2.24, 2.45) is 0 Å². The maximum atomic E-state index is 13.4. The first-order valence-corrected chi connectivity index (χ1v) is 12.0. The van der Waals surface area contributed by atoms with Gasteiger partial charge in [0.15, 0.2) is 5.82 Å². The molecule has 0 saturated carbocycles. The van der Waals surface area contributed by atoms with E-state index in [9.17, 15) is 9.90 Å². The number of pyridine rings is 3. The number of aryl methyl sites for hydroxylation is 3. The first-order valence-electron chi connectivity index (χ1n) is 11.6. The van der Waals surface area contributed by atoms with Crippen molar-refractivity contribution in [3.8, 4) is 28.7 Å². The zero-order valence-electron chi connectivity index (χ0n) is 21.5. The van der Waals surface area contributed by atoms with Gasteiger partial charge in [0, 0.05) is 30.2 Å². The molecule has 0 atom stereocenters. The number of aromatic nitrogens is 5. The van der Waals surface area contributed by atoms with E-state index in [-0.39, 0.29) is 23.2 Å². The molecule has 0 aliphatic rings. The Kier molecular flexibility index (Phi) is 7.29. The van der Waals surface area contributed by atoms with Gasteiger partial charge in [-0.3, -0.25) is 14.3 Å². The molecule has 0 radical (unpaired) electrons. The molecule has 0 aliphatic heterocycles. The van der Waals surface area contributed by atoms with Crippen LogP contribution >= 0.6 is 11.6 Å². The lowest BCUT2D eigenvalue weighted by atomic mass is 10.1. The van der Waals surface area contributed by atoms with E-state index in [2.05, 4.69) is 19.9 Å². The fraction of sp³-hybridized carbons (Fsp3) is 0.296. The van der Waals surface area contributed by atoms with Crippen LogP contribution in [0.15, 0.2) is 47.5 Å². The van der Waals surface area contributed by atoms with E-state index in [0.29, 0.717) is 34.3 Å². The first kappa shape index (κ1) is 26.2. The molecule has 0 spiro atoms. The Morgan fingerprint density at radius 2 is 1.78 bits per heavy atom. The van der Waals surface area contributed by atoms with Gasteiger partial charge in [0.05, 0.1) is 29.9 Å². The maximum Gasteiger partial charge on any atom is 0.277 e. The molecule has 9 nitrogen and oxygen atoms in total. The number of halogens is 1. The highest BCUT2D eigenvalue weighted by Gasteiger charge is 2.22. The first-order chi connectivity index (χ1) is 17.5. The Labute approximate surface area is 219 Å². The SMILES string of the molecule is COc1cccc(COc2cc(C)n(-c3cc(-c4nc(C(C)(C)O)ncc4C)ncc3C)c(=O)c2Cl)n1. The second kappa shape index (κ2) is 10.3. The van der Waals surface area contributed by atoms with Crippen LogP contribution in [-0.2, 0) is 12.2 Å². The summed E-state index contributed by atoms with van der Waals surface area (Å²) in [6.07, 6.45) is 3.32. The molecule has 4 aromatic heterocycles. The highest BCUT2D eigenvalue weighted by atomic mass is 35.5. The Balaban J connectivity index is 1.73. The van der Waals surface area contributed by atoms with Gasteiger partial charge in [-0.15, -0.1) is 0 Å². The molecule has 0 aromatic carbocycles. The van der Waals surface area contributed by atoms with Crippen molar-refractivity contribution in [2.75, 3.05) is 7.11 Å². The zero-order valence-corrected chi connectivity index (χ0v) is 22.3. The fourth-order valence-corrected chi connectivity index (χ4v) is 3.96. The molecule has 1 N–H and O–H groups in total. The van der Waals surface area contributed by atoms with Crippen molar-refractivity contribution in [1.29, 1.82) is 0 Å². The topological polar surface area (TPSA) is 112 Å². The van der Waals surface area contributed by atoms with E-state index < -0.39 is 11.2 Å². The number of nitrogens with zero attached hydrogens (tertiary/aromatic N) is 5. The van der Waals surface area contributed by atoms with Crippen molar-refractivity contribution in [1.82, 2.24) is 24.5 Å². The summed E-state index contributed by atoms with van der Waals surface area (Å²) in [4.78, 5) is 31.1. The molecule has 0 aliphatic carbocycles. The molecule has 37 heavy (non-hydrogen) atoms. The number of aliphatic hydroxyl groups is 1. The number of methoxy groups -OCH3 is 1.